The Labute approximate surface area is 127 Å². The molecule has 1 amide bonds. The van der Waals surface area contributed by atoms with Gasteiger partial charge in [0, 0.05) is 24.7 Å². The van der Waals surface area contributed by atoms with Crippen molar-refractivity contribution in [1.29, 1.82) is 0 Å². The number of carbonyl (C=O) groups excluding carboxylic acids is 1. The van der Waals surface area contributed by atoms with Crippen molar-refractivity contribution in [2.75, 3.05) is 16.8 Å². The van der Waals surface area contributed by atoms with Gasteiger partial charge in [-0.2, -0.15) is 0 Å². The van der Waals surface area contributed by atoms with Gasteiger partial charge in [-0.25, -0.2) is 4.39 Å². The lowest BCUT2D eigenvalue weighted by Gasteiger charge is -2.29. The monoisotopic (exact) mass is 304 g/mol. The zero-order valence-corrected chi connectivity index (χ0v) is 12.0. The number of anilines is 3. The molecule has 1 N–H and O–H groups in total. The highest BCUT2D eigenvalue weighted by Gasteiger charge is 2.20. The summed E-state index contributed by atoms with van der Waals surface area (Å²) in [5.41, 5.74) is 2.14. The van der Waals surface area contributed by atoms with Crippen LogP contribution in [0.25, 0.3) is 0 Å². The van der Waals surface area contributed by atoms with Crippen LogP contribution in [0.15, 0.2) is 42.5 Å². The lowest BCUT2D eigenvalue weighted by molar-refractivity contribution is -0.116. The molecule has 0 aromatic heterocycles. The van der Waals surface area contributed by atoms with Crippen molar-refractivity contribution < 1.29 is 9.18 Å². The normalized spacial score (nSPS) is 15.0. The zero-order valence-electron chi connectivity index (χ0n) is 11.3. The Morgan fingerprint density at radius 3 is 2.71 bits per heavy atom. The molecule has 1 aliphatic rings. The topological polar surface area (TPSA) is 32.3 Å². The molecule has 0 bridgehead atoms. The lowest BCUT2D eigenvalue weighted by Crippen LogP contribution is -2.25. The minimum atomic E-state index is -0.538. The van der Waals surface area contributed by atoms with Crippen LogP contribution >= 0.6 is 11.6 Å². The Kier molecular flexibility index (Phi) is 3.80. The predicted molar refractivity (Wildman–Crippen MR) is 82.7 cm³/mol. The van der Waals surface area contributed by atoms with Crippen LogP contribution in [-0.4, -0.2) is 12.5 Å². The van der Waals surface area contributed by atoms with E-state index in [0.29, 0.717) is 24.3 Å². The number of nitrogens with zero attached hydrogens (tertiary/aromatic N) is 1. The summed E-state index contributed by atoms with van der Waals surface area (Å²) in [5, 5.41) is 2.80. The molecular formula is C16H14ClFN2O. The summed E-state index contributed by atoms with van der Waals surface area (Å²) in [7, 11) is 0. The Bertz CT molecular complexity index is 675. The third-order valence-electron chi connectivity index (χ3n) is 3.46. The maximum Gasteiger partial charge on any atom is 0.224 e. The van der Waals surface area contributed by atoms with E-state index in [4.69, 9.17) is 11.6 Å². The van der Waals surface area contributed by atoms with Crippen LogP contribution in [-0.2, 0) is 4.79 Å². The number of halogens is 2. The molecule has 3 nitrogen and oxygen atoms in total. The average Bonchev–Trinajstić information content (AvgIpc) is 2.47. The van der Waals surface area contributed by atoms with Crippen LogP contribution in [0, 0.1) is 5.82 Å². The zero-order chi connectivity index (χ0) is 14.8. The van der Waals surface area contributed by atoms with Crippen molar-refractivity contribution in [3.63, 3.8) is 0 Å². The van der Waals surface area contributed by atoms with Crippen LogP contribution in [0.4, 0.5) is 21.5 Å². The van der Waals surface area contributed by atoms with Gasteiger partial charge in [-0.1, -0.05) is 29.8 Å². The summed E-state index contributed by atoms with van der Waals surface area (Å²) in [5.74, 6) is -0.644. The molecule has 2 aromatic rings. The van der Waals surface area contributed by atoms with Crippen LogP contribution < -0.4 is 10.2 Å². The number of hydrogen-bond donors (Lipinski definition) is 1. The molecule has 0 atom stereocenters. The molecule has 0 aliphatic carbocycles. The van der Waals surface area contributed by atoms with E-state index in [2.05, 4.69) is 5.32 Å². The molecular weight excluding hydrogens is 291 g/mol. The quantitative estimate of drug-likeness (QED) is 0.849. The van der Waals surface area contributed by atoms with Crippen LogP contribution in [0.5, 0.6) is 0 Å². The van der Waals surface area contributed by atoms with Gasteiger partial charge < -0.3 is 10.2 Å². The van der Waals surface area contributed by atoms with E-state index in [1.54, 1.807) is 6.07 Å². The van der Waals surface area contributed by atoms with Gasteiger partial charge in [0.1, 0.15) is 5.82 Å². The van der Waals surface area contributed by atoms with E-state index in [-0.39, 0.29) is 10.9 Å². The Morgan fingerprint density at radius 1 is 1.19 bits per heavy atom. The standard InChI is InChI=1S/C16H14ClFN2O/c17-12-9-15-14(10-13(12)18)19-16(21)7-4-8-20(15)11-5-2-1-3-6-11/h1-3,5-6,9-10H,4,7-8H2,(H,19,21). The molecule has 1 aliphatic heterocycles. The summed E-state index contributed by atoms with van der Waals surface area (Å²) in [4.78, 5) is 13.8. The third-order valence-corrected chi connectivity index (χ3v) is 3.75. The largest absolute Gasteiger partial charge is 0.340 e. The second kappa shape index (κ2) is 5.74. The number of amides is 1. The highest BCUT2D eigenvalue weighted by molar-refractivity contribution is 6.31. The summed E-state index contributed by atoms with van der Waals surface area (Å²) in [6.45, 7) is 0.673. The number of para-hydroxylation sites is 1. The minimum absolute atomic E-state index is 0.0458. The Balaban J connectivity index is 2.13. The number of benzene rings is 2. The van der Waals surface area contributed by atoms with E-state index in [1.165, 1.54) is 6.07 Å². The number of nitrogens with one attached hydrogen (secondary N) is 1. The fourth-order valence-corrected chi connectivity index (χ4v) is 2.62. The first-order valence-electron chi connectivity index (χ1n) is 6.76. The van der Waals surface area contributed by atoms with E-state index in [9.17, 15) is 9.18 Å². The second-order valence-electron chi connectivity index (χ2n) is 4.92. The van der Waals surface area contributed by atoms with Crippen molar-refractivity contribution in [1.82, 2.24) is 0 Å². The SMILES string of the molecule is O=C1CCCN(c2ccccc2)c2cc(Cl)c(F)cc2N1. The average molecular weight is 305 g/mol. The first kappa shape index (κ1) is 13.9. The van der Waals surface area contributed by atoms with Gasteiger partial charge in [0.05, 0.1) is 16.4 Å². The fourth-order valence-electron chi connectivity index (χ4n) is 2.47. The summed E-state index contributed by atoms with van der Waals surface area (Å²) < 4.78 is 13.7. The van der Waals surface area contributed by atoms with Crippen LogP contribution in [0.3, 0.4) is 0 Å². The number of rotatable bonds is 1. The fraction of sp³-hybridized carbons (Fsp3) is 0.188. The Hall–Kier alpha value is -2.07. The van der Waals surface area contributed by atoms with Gasteiger partial charge >= 0.3 is 0 Å². The van der Waals surface area contributed by atoms with Crippen molar-refractivity contribution in [2.24, 2.45) is 0 Å². The molecule has 5 heteroatoms. The van der Waals surface area contributed by atoms with Gasteiger partial charge in [0.2, 0.25) is 5.91 Å². The second-order valence-corrected chi connectivity index (χ2v) is 5.33. The molecule has 108 valence electrons. The maximum atomic E-state index is 13.7. The number of hydrogen-bond acceptors (Lipinski definition) is 2. The van der Waals surface area contributed by atoms with E-state index < -0.39 is 5.82 Å². The van der Waals surface area contributed by atoms with Crippen LogP contribution in [0.1, 0.15) is 12.8 Å². The van der Waals surface area contributed by atoms with Crippen molar-refractivity contribution in [3.05, 3.63) is 53.3 Å². The van der Waals surface area contributed by atoms with Crippen molar-refractivity contribution in [3.8, 4) is 0 Å². The molecule has 3 rings (SSSR count). The maximum absolute atomic E-state index is 13.7. The van der Waals surface area contributed by atoms with Gasteiger partial charge in [0.25, 0.3) is 0 Å². The number of carbonyl (C=O) groups is 1. The molecule has 0 unspecified atom stereocenters. The van der Waals surface area contributed by atoms with Crippen LogP contribution in [0.2, 0.25) is 5.02 Å². The first-order valence-corrected chi connectivity index (χ1v) is 7.14. The Morgan fingerprint density at radius 2 is 1.95 bits per heavy atom. The molecule has 1 heterocycles. The highest BCUT2D eigenvalue weighted by Crippen LogP contribution is 2.37. The minimum Gasteiger partial charge on any atom is -0.340 e. The van der Waals surface area contributed by atoms with Gasteiger partial charge in [0.15, 0.2) is 0 Å². The molecule has 0 fully saturated rings. The predicted octanol–water partition coefficient (Wildman–Crippen LogP) is 4.35. The summed E-state index contributed by atoms with van der Waals surface area (Å²) in [6.07, 6.45) is 1.13. The lowest BCUT2D eigenvalue weighted by atomic mass is 10.1. The van der Waals surface area contributed by atoms with Gasteiger partial charge in [-0.05, 0) is 24.6 Å². The van der Waals surface area contributed by atoms with E-state index in [1.807, 2.05) is 35.2 Å². The smallest absolute Gasteiger partial charge is 0.224 e. The first-order chi connectivity index (χ1) is 10.1. The van der Waals surface area contributed by atoms with Gasteiger partial charge in [-0.15, -0.1) is 0 Å². The summed E-state index contributed by atoms with van der Waals surface area (Å²) >= 11 is 5.91. The van der Waals surface area contributed by atoms with E-state index in [0.717, 1.165) is 12.1 Å². The summed E-state index contributed by atoms with van der Waals surface area (Å²) in [6, 6.07) is 12.6. The molecule has 0 saturated carbocycles. The van der Waals surface area contributed by atoms with Crippen molar-refractivity contribution in [2.45, 2.75) is 12.8 Å². The molecule has 0 radical (unpaired) electrons. The van der Waals surface area contributed by atoms with E-state index >= 15 is 0 Å². The molecule has 0 saturated heterocycles. The van der Waals surface area contributed by atoms with Crippen molar-refractivity contribution >= 4 is 34.6 Å². The molecule has 21 heavy (non-hydrogen) atoms. The molecule has 2 aromatic carbocycles. The van der Waals surface area contributed by atoms with Gasteiger partial charge in [-0.3, -0.25) is 4.79 Å². The number of fused-ring (bicyclic) bond motifs is 1. The highest BCUT2D eigenvalue weighted by atomic mass is 35.5. The third kappa shape index (κ3) is 2.85. The molecule has 0 spiro atoms.